The third-order valence-electron chi connectivity index (χ3n) is 2.61. The second-order valence-corrected chi connectivity index (χ2v) is 6.10. The van der Waals surface area contributed by atoms with E-state index in [0.29, 0.717) is 5.89 Å². The molecule has 0 spiro atoms. The number of aryl methyl sites for hydroxylation is 1. The summed E-state index contributed by atoms with van der Waals surface area (Å²) >= 11 is 0. The third kappa shape index (κ3) is 3.78. The van der Waals surface area contributed by atoms with Crippen molar-refractivity contribution in [1.82, 2.24) is 10.1 Å². The molecule has 7 heteroatoms. The Bertz CT molecular complexity index is 637. The highest BCUT2D eigenvalue weighted by Gasteiger charge is 2.19. The SMILES string of the molecule is Cc1nc(NS(=O)(=O)CC(C)c2ccccc2)no1. The van der Waals surface area contributed by atoms with Crippen LogP contribution in [0.2, 0.25) is 0 Å². The highest BCUT2D eigenvalue weighted by atomic mass is 32.2. The Balaban J connectivity index is 2.05. The number of aromatic nitrogens is 2. The molecule has 1 N–H and O–H groups in total. The van der Waals surface area contributed by atoms with Crippen molar-refractivity contribution in [2.45, 2.75) is 19.8 Å². The first-order valence-corrected chi connectivity index (χ1v) is 7.47. The molecule has 0 amide bonds. The molecule has 1 atom stereocenters. The molecule has 0 aliphatic rings. The lowest BCUT2D eigenvalue weighted by molar-refractivity contribution is 0.395. The maximum absolute atomic E-state index is 12.0. The molecule has 0 fully saturated rings. The van der Waals surface area contributed by atoms with E-state index in [1.54, 1.807) is 6.92 Å². The van der Waals surface area contributed by atoms with Gasteiger partial charge in [0.1, 0.15) is 0 Å². The summed E-state index contributed by atoms with van der Waals surface area (Å²) in [6.07, 6.45) is 0. The van der Waals surface area contributed by atoms with Gasteiger partial charge in [0.15, 0.2) is 0 Å². The molecule has 2 aromatic rings. The van der Waals surface area contributed by atoms with Gasteiger partial charge < -0.3 is 4.52 Å². The molecule has 6 nitrogen and oxygen atoms in total. The van der Waals surface area contributed by atoms with E-state index in [4.69, 9.17) is 4.52 Å². The molecular formula is C12H15N3O3S. The van der Waals surface area contributed by atoms with Crippen molar-refractivity contribution in [2.75, 3.05) is 10.5 Å². The van der Waals surface area contributed by atoms with Crippen molar-refractivity contribution in [3.8, 4) is 0 Å². The highest BCUT2D eigenvalue weighted by molar-refractivity contribution is 7.92. The van der Waals surface area contributed by atoms with E-state index in [9.17, 15) is 8.42 Å². The van der Waals surface area contributed by atoms with Crippen LogP contribution in [0.25, 0.3) is 0 Å². The zero-order valence-electron chi connectivity index (χ0n) is 10.7. The molecule has 0 radical (unpaired) electrons. The molecule has 1 unspecified atom stereocenters. The highest BCUT2D eigenvalue weighted by Crippen LogP contribution is 2.17. The standard InChI is InChI=1S/C12H15N3O3S/c1-9(11-6-4-3-5-7-11)8-19(16,17)15-12-13-10(2)18-14-12/h3-7,9H,8H2,1-2H3,(H,14,15). The fourth-order valence-corrected chi connectivity index (χ4v) is 3.02. The van der Waals surface area contributed by atoms with Crippen molar-refractivity contribution >= 4 is 16.0 Å². The molecule has 0 bridgehead atoms. The molecule has 0 saturated heterocycles. The summed E-state index contributed by atoms with van der Waals surface area (Å²) in [5.41, 5.74) is 0.970. The second kappa shape index (κ2) is 5.40. The molecule has 0 aliphatic heterocycles. The Labute approximate surface area is 111 Å². The van der Waals surface area contributed by atoms with E-state index in [-0.39, 0.29) is 17.6 Å². The zero-order valence-corrected chi connectivity index (χ0v) is 11.5. The van der Waals surface area contributed by atoms with E-state index in [0.717, 1.165) is 5.56 Å². The lowest BCUT2D eigenvalue weighted by Crippen LogP contribution is -2.21. The number of hydrogen-bond donors (Lipinski definition) is 1. The Morgan fingerprint density at radius 1 is 1.32 bits per heavy atom. The number of benzene rings is 1. The van der Waals surface area contributed by atoms with Crippen LogP contribution in [-0.2, 0) is 10.0 Å². The topological polar surface area (TPSA) is 85.1 Å². The number of nitrogens with one attached hydrogen (secondary N) is 1. The van der Waals surface area contributed by atoms with Crippen LogP contribution in [0.15, 0.2) is 34.9 Å². The average molecular weight is 281 g/mol. The molecule has 1 heterocycles. The first-order chi connectivity index (χ1) is 8.96. The number of rotatable bonds is 5. The first-order valence-electron chi connectivity index (χ1n) is 5.82. The van der Waals surface area contributed by atoms with Gasteiger partial charge in [0.05, 0.1) is 5.75 Å². The van der Waals surface area contributed by atoms with Crippen LogP contribution < -0.4 is 4.72 Å². The normalized spacial score (nSPS) is 13.2. The van der Waals surface area contributed by atoms with Gasteiger partial charge in [0.2, 0.25) is 15.9 Å². The number of hydrogen-bond acceptors (Lipinski definition) is 5. The Morgan fingerprint density at radius 3 is 2.58 bits per heavy atom. The predicted octanol–water partition coefficient (Wildman–Crippen LogP) is 1.92. The molecule has 0 aliphatic carbocycles. The van der Waals surface area contributed by atoms with E-state index < -0.39 is 10.0 Å². The summed E-state index contributed by atoms with van der Waals surface area (Å²) in [7, 11) is -3.50. The number of nitrogens with zero attached hydrogens (tertiary/aromatic N) is 2. The molecule has 0 saturated carbocycles. The van der Waals surface area contributed by atoms with E-state index in [2.05, 4.69) is 14.9 Å². The van der Waals surface area contributed by atoms with Gasteiger partial charge in [-0.1, -0.05) is 37.3 Å². The largest absolute Gasteiger partial charge is 0.338 e. The van der Waals surface area contributed by atoms with Gasteiger partial charge in [0, 0.05) is 6.92 Å². The Morgan fingerprint density at radius 2 is 2.00 bits per heavy atom. The van der Waals surface area contributed by atoms with Gasteiger partial charge in [0.25, 0.3) is 5.95 Å². The lowest BCUT2D eigenvalue weighted by atomic mass is 10.0. The Kier molecular flexibility index (Phi) is 3.84. The predicted molar refractivity (Wildman–Crippen MR) is 71.3 cm³/mol. The van der Waals surface area contributed by atoms with Gasteiger partial charge in [-0.05, 0) is 16.6 Å². The van der Waals surface area contributed by atoms with Crippen LogP contribution in [0.3, 0.4) is 0 Å². The summed E-state index contributed by atoms with van der Waals surface area (Å²) in [4.78, 5) is 3.81. The van der Waals surface area contributed by atoms with Crippen molar-refractivity contribution < 1.29 is 12.9 Å². The van der Waals surface area contributed by atoms with Crippen LogP contribution >= 0.6 is 0 Å². The minimum atomic E-state index is -3.50. The van der Waals surface area contributed by atoms with E-state index in [1.807, 2.05) is 37.3 Å². The molecular weight excluding hydrogens is 266 g/mol. The molecule has 1 aromatic heterocycles. The van der Waals surface area contributed by atoms with Crippen LogP contribution in [-0.4, -0.2) is 24.3 Å². The maximum atomic E-state index is 12.0. The summed E-state index contributed by atoms with van der Waals surface area (Å²) in [6, 6.07) is 9.46. The van der Waals surface area contributed by atoms with Gasteiger partial charge in [-0.25, -0.2) is 13.1 Å². The van der Waals surface area contributed by atoms with Crippen molar-refractivity contribution in [3.63, 3.8) is 0 Å². The fourth-order valence-electron chi connectivity index (χ4n) is 1.73. The summed E-state index contributed by atoms with van der Waals surface area (Å²) in [5, 5.41) is 3.50. The van der Waals surface area contributed by atoms with Crippen LogP contribution in [0, 0.1) is 6.92 Å². The molecule has 19 heavy (non-hydrogen) atoms. The first kappa shape index (κ1) is 13.5. The average Bonchev–Trinajstić information content (AvgIpc) is 2.74. The Hall–Kier alpha value is -1.89. The summed E-state index contributed by atoms with van der Waals surface area (Å²) in [5.74, 6) is 0.128. The summed E-state index contributed by atoms with van der Waals surface area (Å²) in [6.45, 7) is 3.45. The van der Waals surface area contributed by atoms with Gasteiger partial charge >= 0.3 is 0 Å². The van der Waals surface area contributed by atoms with Crippen LogP contribution in [0.4, 0.5) is 5.95 Å². The van der Waals surface area contributed by atoms with Crippen LogP contribution in [0.1, 0.15) is 24.3 Å². The smallest absolute Gasteiger partial charge is 0.277 e. The molecule has 1 aromatic carbocycles. The number of sulfonamides is 1. The van der Waals surface area contributed by atoms with E-state index in [1.165, 1.54) is 0 Å². The fraction of sp³-hybridized carbons (Fsp3) is 0.333. The minimum Gasteiger partial charge on any atom is -0.338 e. The summed E-state index contributed by atoms with van der Waals surface area (Å²) < 4.78 is 30.9. The van der Waals surface area contributed by atoms with E-state index >= 15 is 0 Å². The van der Waals surface area contributed by atoms with Gasteiger partial charge in [-0.15, -0.1) is 0 Å². The quantitative estimate of drug-likeness (QED) is 0.905. The van der Waals surface area contributed by atoms with Gasteiger partial charge in [-0.2, -0.15) is 4.98 Å². The monoisotopic (exact) mass is 281 g/mol. The van der Waals surface area contributed by atoms with Gasteiger partial charge in [-0.3, -0.25) is 0 Å². The van der Waals surface area contributed by atoms with Crippen molar-refractivity contribution in [1.29, 1.82) is 0 Å². The van der Waals surface area contributed by atoms with Crippen molar-refractivity contribution in [2.24, 2.45) is 0 Å². The second-order valence-electron chi connectivity index (χ2n) is 4.33. The molecule has 102 valence electrons. The lowest BCUT2D eigenvalue weighted by Gasteiger charge is -2.12. The third-order valence-corrected chi connectivity index (χ3v) is 4.04. The molecule has 2 rings (SSSR count). The minimum absolute atomic E-state index is 0.0299. The van der Waals surface area contributed by atoms with Crippen LogP contribution in [0.5, 0.6) is 0 Å². The zero-order chi connectivity index (χ0) is 13.9. The number of anilines is 1. The van der Waals surface area contributed by atoms with Crippen molar-refractivity contribution in [3.05, 3.63) is 41.8 Å². The maximum Gasteiger partial charge on any atom is 0.277 e.